The molecule has 1 atom stereocenters. The van der Waals surface area contributed by atoms with E-state index in [1.807, 2.05) is 31.3 Å². The van der Waals surface area contributed by atoms with Gasteiger partial charge in [-0.05, 0) is 42.4 Å². The van der Waals surface area contributed by atoms with Gasteiger partial charge in [0.05, 0.1) is 13.2 Å². The maximum absolute atomic E-state index is 12.1. The average Bonchev–Trinajstić information content (AvgIpc) is 2.50. The van der Waals surface area contributed by atoms with Crippen molar-refractivity contribution in [2.75, 3.05) is 14.2 Å². The van der Waals surface area contributed by atoms with Crippen LogP contribution in [0.5, 0.6) is 11.5 Å². The third-order valence-corrected chi connectivity index (χ3v) is 3.18. The highest BCUT2D eigenvalue weighted by Crippen LogP contribution is 2.25. The van der Waals surface area contributed by atoms with Crippen molar-refractivity contribution in [1.82, 2.24) is 5.32 Å². The molecule has 0 fully saturated rings. The first-order valence-corrected chi connectivity index (χ1v) is 6.50. The zero-order chi connectivity index (χ0) is 15.2. The molecule has 0 heterocycles. The number of rotatable bonds is 6. The summed E-state index contributed by atoms with van der Waals surface area (Å²) >= 11 is 0. The van der Waals surface area contributed by atoms with Crippen LogP contribution in [-0.2, 0) is 0 Å². The lowest BCUT2D eigenvalue weighted by molar-refractivity contribution is -0.0498. The summed E-state index contributed by atoms with van der Waals surface area (Å²) in [7, 11) is 3.46. The monoisotopic (exact) mass is 293 g/mol. The SMILES string of the molecule is CNC(c1ccc(OC)cc1)c1ccc(OC(F)F)cc1. The van der Waals surface area contributed by atoms with Crippen LogP contribution in [0.3, 0.4) is 0 Å². The van der Waals surface area contributed by atoms with E-state index in [4.69, 9.17) is 4.74 Å². The number of alkyl halides is 2. The van der Waals surface area contributed by atoms with Gasteiger partial charge in [0.25, 0.3) is 0 Å². The Morgan fingerprint density at radius 1 is 0.857 bits per heavy atom. The van der Waals surface area contributed by atoms with Gasteiger partial charge in [-0.15, -0.1) is 0 Å². The zero-order valence-corrected chi connectivity index (χ0v) is 11.8. The molecule has 2 aromatic rings. The molecule has 0 aromatic heterocycles. The van der Waals surface area contributed by atoms with Crippen molar-refractivity contribution >= 4 is 0 Å². The number of nitrogens with one attached hydrogen (secondary N) is 1. The Balaban J connectivity index is 2.19. The van der Waals surface area contributed by atoms with E-state index in [1.54, 1.807) is 19.2 Å². The van der Waals surface area contributed by atoms with Crippen molar-refractivity contribution in [1.29, 1.82) is 0 Å². The van der Waals surface area contributed by atoms with Gasteiger partial charge in [0.1, 0.15) is 11.5 Å². The van der Waals surface area contributed by atoms with Crippen molar-refractivity contribution in [2.45, 2.75) is 12.7 Å². The predicted octanol–water partition coefficient (Wildman–Crippen LogP) is 3.61. The molecule has 0 amide bonds. The second-order valence-electron chi connectivity index (χ2n) is 4.44. The maximum Gasteiger partial charge on any atom is 0.387 e. The number of hydrogen-bond acceptors (Lipinski definition) is 3. The molecule has 0 spiro atoms. The minimum atomic E-state index is -2.81. The van der Waals surface area contributed by atoms with Crippen LogP contribution in [0.15, 0.2) is 48.5 Å². The number of benzene rings is 2. The van der Waals surface area contributed by atoms with Gasteiger partial charge in [-0.2, -0.15) is 8.78 Å². The van der Waals surface area contributed by atoms with Crippen molar-refractivity contribution in [3.63, 3.8) is 0 Å². The molecule has 0 aliphatic heterocycles. The second kappa shape index (κ2) is 7.04. The molecule has 2 rings (SSSR count). The Morgan fingerprint density at radius 2 is 1.33 bits per heavy atom. The highest BCUT2D eigenvalue weighted by molar-refractivity contribution is 5.37. The lowest BCUT2D eigenvalue weighted by atomic mass is 9.99. The molecule has 0 saturated carbocycles. The minimum absolute atomic E-state index is 0.0310. The predicted molar refractivity (Wildman–Crippen MR) is 77.0 cm³/mol. The summed E-state index contributed by atoms with van der Waals surface area (Å²) in [5.41, 5.74) is 2.02. The summed E-state index contributed by atoms with van der Waals surface area (Å²) in [5.74, 6) is 0.938. The van der Waals surface area contributed by atoms with Crippen molar-refractivity contribution < 1.29 is 18.3 Å². The summed E-state index contributed by atoms with van der Waals surface area (Å²) in [6, 6.07) is 14.3. The number of hydrogen-bond donors (Lipinski definition) is 1. The summed E-state index contributed by atoms with van der Waals surface area (Å²) in [5, 5.41) is 3.20. The highest BCUT2D eigenvalue weighted by Gasteiger charge is 2.12. The van der Waals surface area contributed by atoms with Gasteiger partial charge in [0.15, 0.2) is 0 Å². The van der Waals surface area contributed by atoms with Crippen LogP contribution in [-0.4, -0.2) is 20.8 Å². The van der Waals surface area contributed by atoms with E-state index in [1.165, 1.54) is 12.1 Å². The molecule has 3 nitrogen and oxygen atoms in total. The fourth-order valence-electron chi connectivity index (χ4n) is 2.16. The molecule has 0 bridgehead atoms. The Morgan fingerprint density at radius 3 is 1.71 bits per heavy atom. The molecule has 21 heavy (non-hydrogen) atoms. The van der Waals surface area contributed by atoms with Crippen LogP contribution < -0.4 is 14.8 Å². The lowest BCUT2D eigenvalue weighted by Crippen LogP contribution is -2.17. The Bertz CT molecular complexity index is 555. The molecule has 0 radical (unpaired) electrons. The maximum atomic E-state index is 12.1. The van der Waals surface area contributed by atoms with Gasteiger partial charge >= 0.3 is 6.61 Å². The van der Waals surface area contributed by atoms with Gasteiger partial charge < -0.3 is 14.8 Å². The van der Waals surface area contributed by atoms with Crippen molar-refractivity contribution in [3.8, 4) is 11.5 Å². The largest absolute Gasteiger partial charge is 0.497 e. The van der Waals surface area contributed by atoms with Gasteiger partial charge in [-0.25, -0.2) is 0 Å². The fraction of sp³-hybridized carbons (Fsp3) is 0.250. The number of ether oxygens (including phenoxy) is 2. The first-order chi connectivity index (χ1) is 10.1. The second-order valence-corrected chi connectivity index (χ2v) is 4.44. The average molecular weight is 293 g/mol. The molecule has 0 aliphatic rings. The first kappa shape index (κ1) is 15.3. The third-order valence-electron chi connectivity index (χ3n) is 3.18. The van der Waals surface area contributed by atoms with Crippen LogP contribution in [0.2, 0.25) is 0 Å². The Labute approximate surface area is 122 Å². The smallest absolute Gasteiger partial charge is 0.387 e. The summed E-state index contributed by atoms with van der Waals surface area (Å²) in [6.45, 7) is -2.81. The topological polar surface area (TPSA) is 30.5 Å². The molecule has 1 N–H and O–H groups in total. The van der Waals surface area contributed by atoms with Crippen LogP contribution >= 0.6 is 0 Å². The van der Waals surface area contributed by atoms with E-state index in [0.717, 1.165) is 16.9 Å². The minimum Gasteiger partial charge on any atom is -0.497 e. The molecular formula is C16H17F2NO2. The summed E-state index contributed by atoms with van der Waals surface area (Å²) in [6.07, 6.45) is 0. The molecule has 5 heteroatoms. The van der Waals surface area contributed by atoms with Gasteiger partial charge in [0.2, 0.25) is 0 Å². The van der Waals surface area contributed by atoms with Crippen molar-refractivity contribution in [3.05, 3.63) is 59.7 Å². The summed E-state index contributed by atoms with van der Waals surface area (Å²) in [4.78, 5) is 0. The van der Waals surface area contributed by atoms with Crippen LogP contribution in [0.4, 0.5) is 8.78 Å². The molecule has 0 saturated heterocycles. The quantitative estimate of drug-likeness (QED) is 0.882. The Kier molecular flexibility index (Phi) is 5.11. The lowest BCUT2D eigenvalue weighted by Gasteiger charge is -2.18. The molecule has 2 aromatic carbocycles. The zero-order valence-electron chi connectivity index (χ0n) is 11.8. The highest BCUT2D eigenvalue weighted by atomic mass is 19.3. The number of halogens is 2. The fourth-order valence-corrected chi connectivity index (χ4v) is 2.16. The molecule has 112 valence electrons. The molecular weight excluding hydrogens is 276 g/mol. The Hall–Kier alpha value is -2.14. The standard InChI is InChI=1S/C16H17F2NO2/c1-19-15(11-3-7-13(20-2)8-4-11)12-5-9-14(10-6-12)21-16(17)18/h3-10,15-16,19H,1-2H3. The van der Waals surface area contributed by atoms with Crippen LogP contribution in [0.1, 0.15) is 17.2 Å². The van der Waals surface area contributed by atoms with E-state index in [9.17, 15) is 8.78 Å². The number of methoxy groups -OCH3 is 1. The van der Waals surface area contributed by atoms with Gasteiger partial charge in [0, 0.05) is 0 Å². The van der Waals surface area contributed by atoms with Gasteiger partial charge in [-0.1, -0.05) is 24.3 Å². The van der Waals surface area contributed by atoms with E-state index in [-0.39, 0.29) is 11.8 Å². The molecule has 0 aliphatic carbocycles. The van der Waals surface area contributed by atoms with Crippen molar-refractivity contribution in [2.24, 2.45) is 0 Å². The normalized spacial score (nSPS) is 12.2. The van der Waals surface area contributed by atoms with E-state index in [2.05, 4.69) is 10.1 Å². The van der Waals surface area contributed by atoms with E-state index < -0.39 is 6.61 Å². The first-order valence-electron chi connectivity index (χ1n) is 6.50. The van der Waals surface area contributed by atoms with E-state index >= 15 is 0 Å². The molecule has 1 unspecified atom stereocenters. The van der Waals surface area contributed by atoms with Crippen LogP contribution in [0, 0.1) is 0 Å². The van der Waals surface area contributed by atoms with Crippen LogP contribution in [0.25, 0.3) is 0 Å². The van der Waals surface area contributed by atoms with E-state index in [0.29, 0.717) is 0 Å². The van der Waals surface area contributed by atoms with Gasteiger partial charge in [-0.3, -0.25) is 0 Å². The third kappa shape index (κ3) is 3.92. The summed E-state index contributed by atoms with van der Waals surface area (Å²) < 4.78 is 33.8.